The van der Waals surface area contributed by atoms with Crippen LogP contribution in [0.3, 0.4) is 0 Å². The minimum atomic E-state index is -0.299. The summed E-state index contributed by atoms with van der Waals surface area (Å²) in [7, 11) is 0. The van der Waals surface area contributed by atoms with E-state index in [4.69, 9.17) is 15.0 Å². The Kier molecular flexibility index (Phi) is 6.34. The lowest BCUT2D eigenvalue weighted by atomic mass is 9.98. The van der Waals surface area contributed by atoms with Gasteiger partial charge in [0, 0.05) is 16.7 Å². The number of fused-ring (bicyclic) bond motifs is 1. The molecule has 7 rings (SSSR count). The van der Waals surface area contributed by atoms with Gasteiger partial charge in [0.15, 0.2) is 17.5 Å². The monoisotopic (exact) mass is 529 g/mol. The van der Waals surface area contributed by atoms with Crippen LogP contribution >= 0.6 is 0 Å². The molecule has 0 amide bonds. The van der Waals surface area contributed by atoms with Crippen molar-refractivity contribution in [3.05, 3.63) is 151 Å². The van der Waals surface area contributed by atoms with Crippen LogP contribution in [0.2, 0.25) is 0 Å². The fourth-order valence-corrected chi connectivity index (χ4v) is 4.99. The van der Waals surface area contributed by atoms with Crippen molar-refractivity contribution in [2.45, 2.75) is 0 Å². The molecule has 0 aliphatic rings. The quantitative estimate of drug-likeness (QED) is 0.223. The molecule has 3 nitrogen and oxygen atoms in total. The Hall–Kier alpha value is -5.48. The van der Waals surface area contributed by atoms with E-state index in [2.05, 4.69) is 78.9 Å². The number of hydrogen-bond donors (Lipinski definition) is 0. The lowest BCUT2D eigenvalue weighted by Crippen LogP contribution is -2.00. The van der Waals surface area contributed by atoms with Gasteiger partial charge in [-0.3, -0.25) is 0 Å². The molecule has 0 saturated carbocycles. The lowest BCUT2D eigenvalue weighted by Gasteiger charge is -2.09. The van der Waals surface area contributed by atoms with E-state index in [9.17, 15) is 4.39 Å². The van der Waals surface area contributed by atoms with Crippen LogP contribution in [-0.2, 0) is 0 Å². The van der Waals surface area contributed by atoms with Crippen molar-refractivity contribution in [2.24, 2.45) is 0 Å². The molecule has 0 atom stereocenters. The second-order valence-electron chi connectivity index (χ2n) is 9.90. The Morgan fingerprint density at radius 1 is 0.317 bits per heavy atom. The van der Waals surface area contributed by atoms with Crippen molar-refractivity contribution in [1.82, 2.24) is 15.0 Å². The van der Waals surface area contributed by atoms with Crippen LogP contribution in [0, 0.1) is 5.82 Å². The largest absolute Gasteiger partial charge is 0.208 e. The highest BCUT2D eigenvalue weighted by molar-refractivity contribution is 5.87. The van der Waals surface area contributed by atoms with E-state index in [0.717, 1.165) is 27.8 Å². The lowest BCUT2D eigenvalue weighted by molar-refractivity contribution is 0.628. The number of rotatable bonds is 5. The molecule has 0 bridgehead atoms. The summed E-state index contributed by atoms with van der Waals surface area (Å²) in [5, 5.41) is 2.48. The van der Waals surface area contributed by atoms with Crippen molar-refractivity contribution in [3.8, 4) is 56.4 Å². The zero-order valence-corrected chi connectivity index (χ0v) is 22.1. The Morgan fingerprint density at radius 2 is 0.707 bits per heavy atom. The van der Waals surface area contributed by atoms with Crippen molar-refractivity contribution in [3.63, 3.8) is 0 Å². The third-order valence-electron chi connectivity index (χ3n) is 7.21. The van der Waals surface area contributed by atoms with Gasteiger partial charge in [-0.1, -0.05) is 115 Å². The van der Waals surface area contributed by atoms with Gasteiger partial charge in [-0.15, -0.1) is 0 Å². The van der Waals surface area contributed by atoms with Gasteiger partial charge in [0.25, 0.3) is 0 Å². The minimum absolute atomic E-state index is 0.299. The molecule has 0 aliphatic carbocycles. The third-order valence-corrected chi connectivity index (χ3v) is 7.21. The van der Waals surface area contributed by atoms with Crippen LogP contribution in [0.15, 0.2) is 146 Å². The zero-order chi connectivity index (χ0) is 27.6. The van der Waals surface area contributed by atoms with Crippen LogP contribution in [0.4, 0.5) is 4.39 Å². The molecule has 0 spiro atoms. The molecule has 0 radical (unpaired) electrons. The summed E-state index contributed by atoms with van der Waals surface area (Å²) in [6.07, 6.45) is 0. The van der Waals surface area contributed by atoms with Crippen LogP contribution in [-0.4, -0.2) is 15.0 Å². The van der Waals surface area contributed by atoms with Gasteiger partial charge in [-0.25, -0.2) is 19.3 Å². The molecule has 7 aromatic rings. The van der Waals surface area contributed by atoms with Crippen LogP contribution < -0.4 is 0 Å². The summed E-state index contributed by atoms with van der Waals surface area (Å²) in [4.78, 5) is 14.2. The average molecular weight is 530 g/mol. The van der Waals surface area contributed by atoms with Gasteiger partial charge in [-0.2, -0.15) is 0 Å². The smallest absolute Gasteiger partial charge is 0.164 e. The number of benzene rings is 6. The summed E-state index contributed by atoms with van der Waals surface area (Å²) in [6.45, 7) is 0. The summed E-state index contributed by atoms with van der Waals surface area (Å²) < 4.78 is 13.6. The molecule has 0 aliphatic heterocycles. The third kappa shape index (κ3) is 5.11. The van der Waals surface area contributed by atoms with Gasteiger partial charge in [-0.05, 0) is 63.4 Å². The first-order chi connectivity index (χ1) is 20.2. The maximum atomic E-state index is 13.6. The highest BCUT2D eigenvalue weighted by Crippen LogP contribution is 2.30. The van der Waals surface area contributed by atoms with Crippen LogP contribution in [0.1, 0.15) is 0 Å². The predicted octanol–water partition coefficient (Wildman–Crippen LogP) is 9.50. The van der Waals surface area contributed by atoms with Gasteiger partial charge < -0.3 is 0 Å². The second kappa shape index (κ2) is 10.6. The summed E-state index contributed by atoms with van der Waals surface area (Å²) >= 11 is 0. The number of aromatic nitrogens is 3. The van der Waals surface area contributed by atoms with Crippen LogP contribution in [0.25, 0.3) is 67.2 Å². The van der Waals surface area contributed by atoms with Gasteiger partial charge >= 0.3 is 0 Å². The van der Waals surface area contributed by atoms with Crippen molar-refractivity contribution < 1.29 is 4.39 Å². The van der Waals surface area contributed by atoms with Gasteiger partial charge in [0.2, 0.25) is 0 Å². The molecule has 0 saturated heterocycles. The standard InChI is InChI=1S/C37H24FN3/c38-34-22-20-31(21-23-34)37-40-35(29-7-2-1-3-8-29)39-36(41-37)30-17-14-27(15-18-30)26-10-12-28(13-11-26)33-19-16-25-6-4-5-9-32(25)24-33/h1-24H. The van der Waals surface area contributed by atoms with Crippen molar-refractivity contribution in [2.75, 3.05) is 0 Å². The maximum absolute atomic E-state index is 13.6. The van der Waals surface area contributed by atoms with Gasteiger partial charge in [0.05, 0.1) is 0 Å². The topological polar surface area (TPSA) is 38.7 Å². The molecule has 6 aromatic carbocycles. The number of nitrogens with zero attached hydrogens (tertiary/aromatic N) is 3. The Morgan fingerprint density at radius 3 is 1.27 bits per heavy atom. The van der Waals surface area contributed by atoms with Crippen molar-refractivity contribution >= 4 is 10.8 Å². The van der Waals surface area contributed by atoms with E-state index in [1.807, 2.05) is 42.5 Å². The molecule has 41 heavy (non-hydrogen) atoms. The maximum Gasteiger partial charge on any atom is 0.164 e. The molecule has 1 aromatic heterocycles. The summed E-state index contributed by atoms with van der Waals surface area (Å²) in [5.41, 5.74) is 7.13. The van der Waals surface area contributed by atoms with Crippen molar-refractivity contribution in [1.29, 1.82) is 0 Å². The first kappa shape index (κ1) is 24.6. The Balaban J connectivity index is 1.20. The number of hydrogen-bond acceptors (Lipinski definition) is 3. The Labute approximate surface area is 237 Å². The van der Waals surface area contributed by atoms with E-state index >= 15 is 0 Å². The highest BCUT2D eigenvalue weighted by atomic mass is 19.1. The molecule has 0 fully saturated rings. The van der Waals surface area contributed by atoms with E-state index in [-0.39, 0.29) is 5.82 Å². The molecule has 4 heteroatoms. The molecular formula is C37H24FN3. The first-order valence-electron chi connectivity index (χ1n) is 13.5. The summed E-state index contributed by atoms with van der Waals surface area (Å²) in [5.74, 6) is 1.34. The number of halogens is 1. The van der Waals surface area contributed by atoms with E-state index in [0.29, 0.717) is 17.5 Å². The average Bonchev–Trinajstić information content (AvgIpc) is 3.05. The summed E-state index contributed by atoms with van der Waals surface area (Å²) in [6, 6.07) is 47.9. The van der Waals surface area contributed by atoms with Crippen LogP contribution in [0.5, 0.6) is 0 Å². The van der Waals surface area contributed by atoms with E-state index in [1.54, 1.807) is 12.1 Å². The van der Waals surface area contributed by atoms with Gasteiger partial charge in [0.1, 0.15) is 5.82 Å². The fourth-order valence-electron chi connectivity index (χ4n) is 4.99. The molecular weight excluding hydrogens is 505 g/mol. The fraction of sp³-hybridized carbons (Fsp3) is 0. The SMILES string of the molecule is Fc1ccc(-c2nc(-c3ccccc3)nc(-c3ccc(-c4ccc(-c5ccc6ccccc6c5)cc4)cc3)n2)cc1. The normalized spacial score (nSPS) is 11.0. The molecule has 194 valence electrons. The molecule has 1 heterocycles. The zero-order valence-electron chi connectivity index (χ0n) is 22.1. The predicted molar refractivity (Wildman–Crippen MR) is 164 cm³/mol. The minimum Gasteiger partial charge on any atom is -0.208 e. The first-order valence-corrected chi connectivity index (χ1v) is 13.5. The van der Waals surface area contributed by atoms with E-state index in [1.165, 1.54) is 34.0 Å². The Bertz CT molecular complexity index is 1970. The second-order valence-corrected chi connectivity index (χ2v) is 9.90. The van der Waals surface area contributed by atoms with E-state index < -0.39 is 0 Å². The molecule has 0 unspecified atom stereocenters. The molecule has 0 N–H and O–H groups in total. The highest BCUT2D eigenvalue weighted by Gasteiger charge is 2.13.